The van der Waals surface area contributed by atoms with E-state index in [4.69, 9.17) is 21.1 Å². The van der Waals surface area contributed by atoms with Crippen LogP contribution in [0.15, 0.2) is 36.4 Å². The number of hydrogen-bond donors (Lipinski definition) is 0. The van der Waals surface area contributed by atoms with Crippen LogP contribution >= 0.6 is 11.6 Å². The monoisotopic (exact) mass is 488 g/mol. The van der Waals surface area contributed by atoms with Crippen molar-refractivity contribution in [1.29, 1.82) is 0 Å². The lowest BCUT2D eigenvalue weighted by atomic mass is 9.89. The normalized spacial score (nSPS) is 17.3. The van der Waals surface area contributed by atoms with Gasteiger partial charge in [-0.3, -0.25) is 19.4 Å². The number of methoxy groups -OCH3 is 1. The van der Waals surface area contributed by atoms with Crippen molar-refractivity contribution in [3.8, 4) is 11.5 Å². The van der Waals surface area contributed by atoms with Crippen molar-refractivity contribution >= 4 is 23.4 Å². The molecule has 1 saturated carbocycles. The topological polar surface area (TPSA) is 59.1 Å². The summed E-state index contributed by atoms with van der Waals surface area (Å²) in [5.74, 6) is 0.451. The molecule has 2 fully saturated rings. The summed E-state index contributed by atoms with van der Waals surface area (Å²) in [6.07, 6.45) is 3.98. The zero-order chi connectivity index (χ0) is 24.2. The molecule has 2 aromatic rings. The number of hydrogen-bond acceptors (Lipinski definition) is 5. The lowest BCUT2D eigenvalue weighted by Crippen LogP contribution is -2.41. The summed E-state index contributed by atoms with van der Waals surface area (Å²) in [6.45, 7) is 3.22. The summed E-state index contributed by atoms with van der Waals surface area (Å²) < 4.78 is 25.5. The Bertz CT molecular complexity index is 1040. The van der Waals surface area contributed by atoms with Crippen LogP contribution in [0.3, 0.4) is 0 Å². The predicted octanol–water partition coefficient (Wildman–Crippen LogP) is 5.13. The van der Waals surface area contributed by atoms with E-state index in [2.05, 4.69) is 11.8 Å². The second-order valence-electron chi connectivity index (χ2n) is 8.88. The average molecular weight is 489 g/mol. The van der Waals surface area contributed by atoms with E-state index < -0.39 is 5.82 Å². The molecule has 2 amide bonds. The maximum atomic E-state index is 14.1. The first-order valence-corrected chi connectivity index (χ1v) is 12.1. The zero-order valence-corrected chi connectivity index (χ0v) is 20.3. The van der Waals surface area contributed by atoms with Gasteiger partial charge in [-0.25, -0.2) is 4.39 Å². The first-order chi connectivity index (χ1) is 16.4. The number of ether oxygens (including phenoxy) is 2. The molecule has 8 heteroatoms. The summed E-state index contributed by atoms with van der Waals surface area (Å²) in [5.41, 5.74) is 1.95. The minimum absolute atomic E-state index is 0.0227. The summed E-state index contributed by atoms with van der Waals surface area (Å²) in [7, 11) is 1.59. The Kier molecular flexibility index (Phi) is 7.73. The standard InChI is InChI=1S/C26H30ClFN2O4/c1-17(19-7-8-21(27)22(28)15-19)30(20-4-3-5-20)16-18-6-9-23(24(14-18)33-2)34-13-12-29-25(31)10-11-26(29)32/h6-9,14-15,17,20H,3-5,10-13,16H2,1-2H3. The number of carbonyl (C=O) groups excluding carboxylic acids is 2. The van der Waals surface area contributed by atoms with Crippen molar-refractivity contribution in [2.45, 2.75) is 57.7 Å². The fourth-order valence-electron chi connectivity index (χ4n) is 4.52. The first-order valence-electron chi connectivity index (χ1n) is 11.7. The summed E-state index contributed by atoms with van der Waals surface area (Å²) >= 11 is 5.88. The third-order valence-corrected chi connectivity index (χ3v) is 7.09. The van der Waals surface area contributed by atoms with Crippen LogP contribution in [-0.2, 0) is 16.1 Å². The number of amides is 2. The molecule has 1 unspecified atom stereocenters. The van der Waals surface area contributed by atoms with Crippen molar-refractivity contribution in [1.82, 2.24) is 9.80 Å². The molecule has 1 atom stereocenters. The first kappa shape index (κ1) is 24.5. The summed E-state index contributed by atoms with van der Waals surface area (Å²) in [5, 5.41) is 0.130. The molecule has 6 nitrogen and oxygen atoms in total. The van der Waals surface area contributed by atoms with Gasteiger partial charge in [-0.05, 0) is 55.2 Å². The molecule has 2 aromatic carbocycles. The van der Waals surface area contributed by atoms with E-state index >= 15 is 0 Å². The predicted molar refractivity (Wildman–Crippen MR) is 127 cm³/mol. The molecule has 1 saturated heterocycles. The molecule has 1 heterocycles. The van der Waals surface area contributed by atoms with E-state index in [-0.39, 0.29) is 48.9 Å². The highest BCUT2D eigenvalue weighted by molar-refractivity contribution is 6.30. The van der Waals surface area contributed by atoms with Crippen LogP contribution in [-0.4, -0.2) is 47.9 Å². The van der Waals surface area contributed by atoms with Crippen LogP contribution in [0, 0.1) is 5.82 Å². The number of benzene rings is 2. The van der Waals surface area contributed by atoms with Crippen LogP contribution in [0.25, 0.3) is 0 Å². The molecule has 1 aliphatic heterocycles. The van der Waals surface area contributed by atoms with E-state index in [1.54, 1.807) is 13.2 Å². The second-order valence-corrected chi connectivity index (χ2v) is 9.29. The summed E-state index contributed by atoms with van der Waals surface area (Å²) in [6, 6.07) is 11.3. The molecular formula is C26H30ClFN2O4. The maximum Gasteiger partial charge on any atom is 0.229 e. The fourth-order valence-corrected chi connectivity index (χ4v) is 4.64. The molecule has 0 N–H and O–H groups in total. The lowest BCUT2D eigenvalue weighted by Gasteiger charge is -2.41. The van der Waals surface area contributed by atoms with Gasteiger partial charge in [0.05, 0.1) is 18.7 Å². The smallest absolute Gasteiger partial charge is 0.229 e. The van der Waals surface area contributed by atoms with Crippen molar-refractivity contribution < 1.29 is 23.5 Å². The van der Waals surface area contributed by atoms with Gasteiger partial charge in [0, 0.05) is 31.5 Å². The van der Waals surface area contributed by atoms with Gasteiger partial charge >= 0.3 is 0 Å². The number of rotatable bonds is 10. The average Bonchev–Trinajstić information content (AvgIpc) is 3.11. The maximum absolute atomic E-state index is 14.1. The number of carbonyl (C=O) groups is 2. The van der Waals surface area contributed by atoms with Crippen molar-refractivity contribution in [2.24, 2.45) is 0 Å². The van der Waals surface area contributed by atoms with Gasteiger partial charge in [-0.15, -0.1) is 0 Å². The minimum atomic E-state index is -0.403. The molecule has 0 bridgehead atoms. The Labute approximate surface area is 204 Å². The van der Waals surface area contributed by atoms with E-state index in [0.717, 1.165) is 24.0 Å². The van der Waals surface area contributed by atoms with Gasteiger partial charge in [0.1, 0.15) is 12.4 Å². The molecule has 2 aliphatic rings. The third-order valence-electron chi connectivity index (χ3n) is 6.79. The van der Waals surface area contributed by atoms with E-state index in [1.165, 1.54) is 17.4 Å². The van der Waals surface area contributed by atoms with Crippen molar-refractivity contribution in [3.05, 3.63) is 58.4 Å². The molecule has 4 rings (SSSR count). The second kappa shape index (κ2) is 10.7. The molecule has 34 heavy (non-hydrogen) atoms. The SMILES string of the molecule is COc1cc(CN(C2CCC2)C(C)c2ccc(Cl)c(F)c2)ccc1OCCN1C(=O)CCC1=O. The Morgan fingerprint density at radius 3 is 2.47 bits per heavy atom. The fraction of sp³-hybridized carbons (Fsp3) is 0.462. The zero-order valence-electron chi connectivity index (χ0n) is 19.6. The Morgan fingerprint density at radius 2 is 1.85 bits per heavy atom. The highest BCUT2D eigenvalue weighted by atomic mass is 35.5. The number of imide groups is 1. The molecule has 0 spiro atoms. The van der Waals surface area contributed by atoms with E-state index in [0.29, 0.717) is 24.1 Å². The van der Waals surface area contributed by atoms with Crippen molar-refractivity contribution in [2.75, 3.05) is 20.3 Å². The van der Waals surface area contributed by atoms with Crippen LogP contribution in [0.5, 0.6) is 11.5 Å². The minimum Gasteiger partial charge on any atom is -0.493 e. The largest absolute Gasteiger partial charge is 0.493 e. The molecule has 182 valence electrons. The Hall–Kier alpha value is -2.64. The van der Waals surface area contributed by atoms with Crippen LogP contribution in [0.2, 0.25) is 5.02 Å². The Morgan fingerprint density at radius 1 is 1.12 bits per heavy atom. The van der Waals surface area contributed by atoms with Gasteiger partial charge in [0.25, 0.3) is 0 Å². The summed E-state index contributed by atoms with van der Waals surface area (Å²) in [4.78, 5) is 27.2. The lowest BCUT2D eigenvalue weighted by molar-refractivity contribution is -0.138. The number of halogens is 2. The van der Waals surface area contributed by atoms with Gasteiger partial charge in [-0.1, -0.05) is 30.2 Å². The van der Waals surface area contributed by atoms with Crippen LogP contribution < -0.4 is 9.47 Å². The number of likely N-dealkylation sites (tertiary alicyclic amines) is 1. The molecular weight excluding hydrogens is 459 g/mol. The van der Waals surface area contributed by atoms with Crippen LogP contribution in [0.4, 0.5) is 4.39 Å². The van der Waals surface area contributed by atoms with Crippen molar-refractivity contribution in [3.63, 3.8) is 0 Å². The van der Waals surface area contributed by atoms with Gasteiger partial charge in [0.15, 0.2) is 11.5 Å². The third kappa shape index (κ3) is 5.36. The van der Waals surface area contributed by atoms with E-state index in [1.807, 2.05) is 24.3 Å². The Balaban J connectivity index is 1.45. The molecule has 0 aromatic heterocycles. The van der Waals surface area contributed by atoms with Gasteiger partial charge in [-0.2, -0.15) is 0 Å². The highest BCUT2D eigenvalue weighted by Crippen LogP contribution is 2.36. The number of nitrogens with zero attached hydrogens (tertiary/aromatic N) is 2. The highest BCUT2D eigenvalue weighted by Gasteiger charge is 2.30. The van der Waals surface area contributed by atoms with E-state index in [9.17, 15) is 14.0 Å². The van der Waals surface area contributed by atoms with Gasteiger partial charge < -0.3 is 9.47 Å². The van der Waals surface area contributed by atoms with Gasteiger partial charge in [0.2, 0.25) is 11.8 Å². The molecule has 0 radical (unpaired) electrons. The quantitative estimate of drug-likeness (QED) is 0.434. The van der Waals surface area contributed by atoms with Crippen LogP contribution in [0.1, 0.15) is 56.2 Å². The molecule has 1 aliphatic carbocycles.